The van der Waals surface area contributed by atoms with Gasteiger partial charge in [0, 0.05) is 495 Å². The van der Waals surface area contributed by atoms with E-state index in [1.54, 1.807) is 86.9 Å². The summed E-state index contributed by atoms with van der Waals surface area (Å²) in [6.45, 7) is 29.5. The standard InChI is InChI=1S/2C15H26.2C10H8.2C6H12.C3H8O2.C3H8O.C2H6O.4C2H6.12Ar/c2*1-15(2)13-9-5-3-7-11(13)12-8-4-6-10-14(12)15;2*1-2-6-10-8-4-3-7-9(10)5-1;2*1-2-4-6-5-3-1;1-4-3-5-2;1-3-4-2;1-3-2;4*1-2;;;;;;;;;;;;/h2*11-14H,3-10H2,1-2H3;2*1-8H;2*1-6H2;3H2,1-2H3;3H2,1-2H3;1-2H3;4*1-2H3;;;;;;;;;;;;. The molecule has 8 saturated carbocycles. The molecule has 0 N–H and O–H groups in total. The SMILES string of the molecule is C1CCCCC1.C1CCCCC1.CC.CC.CC.CC.CC1(C)C2CCCCC2C2CCCCC21.CC1(C)C2CCCCC2C2CCCCC21.CCOC.COC.COCOC.[Ar].[Ar].[Ar].[Ar].[Ar].[Ar].[Ar].[Ar].[Ar].[Ar].[Ar].[Ar].c1ccc2ccccc2c1.c1ccc2ccccc2c1. The van der Waals surface area contributed by atoms with Crippen molar-refractivity contribution < 1.29 is 472 Å². The van der Waals surface area contributed by atoms with Gasteiger partial charge in [0.1, 0.15) is 6.79 Å². The van der Waals surface area contributed by atoms with Gasteiger partial charge in [0.25, 0.3) is 0 Å². The number of rotatable bonds is 3. The Morgan fingerprint density at radius 2 is 0.404 bits per heavy atom. The van der Waals surface area contributed by atoms with E-state index in [1.807, 2.05) is 62.3 Å². The van der Waals surface area contributed by atoms with Gasteiger partial charge in [-0.25, -0.2) is 0 Å². The molecule has 0 amide bonds. The molecule has 16 heteroatoms. The summed E-state index contributed by atoms with van der Waals surface area (Å²) in [5.41, 5.74) is 1.35. The second kappa shape index (κ2) is 94.2. The van der Waals surface area contributed by atoms with Crippen molar-refractivity contribution in [3.05, 3.63) is 97.1 Å². The average molecular weight is 1620 g/mol. The van der Waals surface area contributed by atoms with Crippen LogP contribution in [0.1, 0.15) is 270 Å². The van der Waals surface area contributed by atoms with Crippen LogP contribution < -0.4 is 0 Å². The third-order valence-electron chi connectivity index (χ3n) is 19.0. The first kappa shape index (κ1) is 135. The molecule has 0 spiro atoms. The molecule has 0 heterocycles. The van der Waals surface area contributed by atoms with Crippen molar-refractivity contribution in [2.45, 2.75) is 270 Å². The maximum absolute atomic E-state index is 4.54. The normalized spacial score (nSPS) is 21.9. The Balaban J connectivity index is -0.0000000716. The Labute approximate surface area is 945 Å². The van der Waals surface area contributed by atoms with Crippen LogP contribution in [0.4, 0.5) is 0 Å². The van der Waals surface area contributed by atoms with Gasteiger partial charge in [0.2, 0.25) is 0 Å². The van der Waals surface area contributed by atoms with Crippen LogP contribution >= 0.6 is 0 Å². The molecule has 4 aromatic carbocycles. The van der Waals surface area contributed by atoms with Gasteiger partial charge in [-0.15, -0.1) is 0 Å². The van der Waals surface area contributed by atoms with Crippen LogP contribution in [0.25, 0.3) is 21.5 Å². The van der Waals surface area contributed by atoms with Crippen molar-refractivity contribution >= 4 is 21.5 Å². The van der Waals surface area contributed by atoms with E-state index in [1.165, 1.54) is 150 Å². The fourth-order valence-electron chi connectivity index (χ4n) is 15.4. The maximum atomic E-state index is 4.54. The predicted molar refractivity (Wildman–Crippen MR) is 367 cm³/mol. The van der Waals surface area contributed by atoms with Crippen LogP contribution in [-0.2, 0) is 18.9 Å². The molecule has 0 radical (unpaired) electrons. The topological polar surface area (TPSA) is 36.9 Å². The van der Waals surface area contributed by atoms with E-state index >= 15 is 0 Å². The number of ether oxygens (including phenoxy) is 4. The number of fused-ring (bicyclic) bond motifs is 8. The summed E-state index contributed by atoms with van der Waals surface area (Å²) in [4.78, 5) is 0. The quantitative estimate of drug-likeness (QED) is 0.192. The van der Waals surface area contributed by atoms with Crippen molar-refractivity contribution in [2.24, 2.45) is 58.2 Å². The summed E-state index contributed by atoms with van der Waals surface area (Å²) in [5.74, 6) is 8.83. The van der Waals surface area contributed by atoms with Gasteiger partial charge >= 0.3 is 0 Å². The van der Waals surface area contributed by atoms with E-state index < -0.39 is 0 Å². The number of methoxy groups -OCH3 is 4. The fraction of sp³-hybridized carbons (Fsp3) is 0.744. The van der Waals surface area contributed by atoms with E-state index in [0.29, 0.717) is 17.6 Å². The first-order valence-corrected chi connectivity index (χ1v) is 34.8. The van der Waals surface area contributed by atoms with Crippen molar-refractivity contribution in [3.8, 4) is 0 Å². The molecule has 8 aliphatic rings. The average Bonchev–Trinajstić information content (AvgIpc) is 1.61. The van der Waals surface area contributed by atoms with Crippen molar-refractivity contribution in [2.75, 3.05) is 48.9 Å². The molecule has 0 aliphatic heterocycles. The fourth-order valence-corrected chi connectivity index (χ4v) is 15.4. The van der Waals surface area contributed by atoms with Gasteiger partial charge in [-0.2, -0.15) is 0 Å². The monoisotopic (exact) mass is 1620 g/mol. The van der Waals surface area contributed by atoms with Gasteiger partial charge < -0.3 is 18.9 Å². The third-order valence-corrected chi connectivity index (χ3v) is 19.0. The number of hydrogen-bond acceptors (Lipinski definition) is 4. The van der Waals surface area contributed by atoms with Gasteiger partial charge in [-0.1, -0.05) is 309 Å². The molecule has 94 heavy (non-hydrogen) atoms. The van der Waals surface area contributed by atoms with Crippen LogP contribution in [0, 0.1) is 511 Å². The zero-order valence-corrected chi connectivity index (χ0v) is 70.4. The summed E-state index contributed by atoms with van der Waals surface area (Å²) in [7, 11) is 8.10. The summed E-state index contributed by atoms with van der Waals surface area (Å²) in [5, 5.41) is 5.24. The minimum atomic E-state index is 0. The van der Waals surface area contributed by atoms with Gasteiger partial charge in [0.15, 0.2) is 0 Å². The Morgan fingerprint density at radius 3 is 0.521 bits per heavy atom. The second-order valence-corrected chi connectivity index (χ2v) is 24.5. The first-order valence-electron chi connectivity index (χ1n) is 34.8. The number of benzene rings is 4. The predicted octanol–water partition coefficient (Wildman–Crippen LogP) is 24.9. The third kappa shape index (κ3) is 57.4. The largest absolute Gasteiger partial charge is 0.388 e. The van der Waals surface area contributed by atoms with E-state index in [2.05, 4.69) is 144 Å². The molecule has 0 saturated heterocycles. The van der Waals surface area contributed by atoms with Crippen LogP contribution in [0.5, 0.6) is 0 Å². The maximum Gasteiger partial charge on any atom is 0.145 e. The summed E-state index contributed by atoms with van der Waals surface area (Å²) in [6, 6.07) is 33.4. The van der Waals surface area contributed by atoms with E-state index in [0.717, 1.165) is 54.0 Å². The molecule has 8 aliphatic carbocycles. The minimum absolute atomic E-state index is 0. The molecule has 8 atom stereocenters. The summed E-state index contributed by atoms with van der Waals surface area (Å²) >= 11 is 0. The Bertz CT molecular complexity index is 1670. The van der Waals surface area contributed by atoms with Gasteiger partial charge in [0.05, 0.1) is 0 Å². The molecular weight excluding hydrogens is 1480 g/mol. The Morgan fingerprint density at radius 1 is 0.266 bits per heavy atom. The van der Waals surface area contributed by atoms with Gasteiger partial charge in [-0.3, -0.25) is 0 Å². The van der Waals surface area contributed by atoms with Crippen molar-refractivity contribution in [1.82, 2.24) is 0 Å². The minimum Gasteiger partial charge on any atom is -0.388 e. The van der Waals surface area contributed by atoms with E-state index in [4.69, 9.17) is 0 Å². The second-order valence-electron chi connectivity index (χ2n) is 24.5. The van der Waals surface area contributed by atoms with Crippen LogP contribution in [0.2, 0.25) is 0 Å². The molecule has 4 aromatic rings. The molecule has 8 fully saturated rings. The molecule has 0 bridgehead atoms. The molecule has 4 nitrogen and oxygen atoms in total. The summed E-state index contributed by atoms with van der Waals surface area (Å²) in [6.07, 6.45) is 42.6. The molecule has 570 valence electrons. The summed E-state index contributed by atoms with van der Waals surface area (Å²) < 4.78 is 17.7. The number of hydrogen-bond donors (Lipinski definition) is 0. The Kier molecular flexibility index (Phi) is 136. The van der Waals surface area contributed by atoms with Crippen molar-refractivity contribution in [3.63, 3.8) is 0 Å². The zero-order chi connectivity index (χ0) is 61.3. The van der Waals surface area contributed by atoms with Gasteiger partial charge in [-0.05, 0) is 138 Å². The van der Waals surface area contributed by atoms with Crippen LogP contribution in [0.3, 0.4) is 0 Å². The van der Waals surface area contributed by atoms with E-state index in [-0.39, 0.29) is 453 Å². The van der Waals surface area contributed by atoms with Crippen LogP contribution in [0.15, 0.2) is 97.1 Å². The smallest absolute Gasteiger partial charge is 0.145 e. The first-order chi connectivity index (χ1) is 40.1. The zero-order valence-electron chi connectivity index (χ0n) is 61.9. The molecule has 12 rings (SSSR count). The molecule has 0 aromatic heterocycles. The van der Waals surface area contributed by atoms with Crippen LogP contribution in [-0.4, -0.2) is 48.9 Å². The Hall–Kier alpha value is 12.4. The van der Waals surface area contributed by atoms with Crippen molar-refractivity contribution in [1.29, 1.82) is 0 Å². The molecular formula is C78H138Ar12O4. The van der Waals surface area contributed by atoms with E-state index in [9.17, 15) is 0 Å². The molecule has 8 unspecified atom stereocenters.